The van der Waals surface area contributed by atoms with Gasteiger partial charge in [0.25, 0.3) is 0 Å². The molecule has 5 rings (SSSR count). The summed E-state index contributed by atoms with van der Waals surface area (Å²) in [5.74, 6) is 1.49. The number of nitrogens with one attached hydrogen (secondary N) is 1. The molecule has 3 aromatic rings. The highest BCUT2D eigenvalue weighted by atomic mass is 32.2. The van der Waals surface area contributed by atoms with Gasteiger partial charge in [0.05, 0.1) is 0 Å². The number of aryl methyl sites for hydroxylation is 1. The van der Waals surface area contributed by atoms with Crippen molar-refractivity contribution in [2.24, 2.45) is 0 Å². The van der Waals surface area contributed by atoms with Crippen molar-refractivity contribution in [3.05, 3.63) is 83.4 Å². The van der Waals surface area contributed by atoms with Crippen molar-refractivity contribution in [3.63, 3.8) is 0 Å². The Kier molecular flexibility index (Phi) is 4.68. The third-order valence-electron chi connectivity index (χ3n) is 5.38. The number of carbonyl (C=O) groups excluding carboxylic acids is 1. The predicted molar refractivity (Wildman–Crippen MR) is 115 cm³/mol. The predicted octanol–water partition coefficient (Wildman–Crippen LogP) is 5.36. The number of thioether (sulfide) groups is 1. The van der Waals surface area contributed by atoms with Crippen molar-refractivity contribution < 1.29 is 14.3 Å². The number of hydrogen-bond acceptors (Lipinski definition) is 4. The Morgan fingerprint density at radius 2 is 1.69 bits per heavy atom. The fraction of sp³-hybridized carbons (Fsp3) is 0.208. The molecule has 1 amide bonds. The molecule has 5 heteroatoms. The number of anilines is 1. The lowest BCUT2D eigenvalue weighted by atomic mass is 9.86. The minimum absolute atomic E-state index is 0.0214. The van der Waals surface area contributed by atoms with E-state index in [4.69, 9.17) is 9.47 Å². The third-order valence-corrected chi connectivity index (χ3v) is 6.67. The van der Waals surface area contributed by atoms with E-state index < -0.39 is 0 Å². The van der Waals surface area contributed by atoms with Crippen molar-refractivity contribution in [1.29, 1.82) is 0 Å². The summed E-state index contributed by atoms with van der Waals surface area (Å²) in [6.07, 6.45) is 0.430. The van der Waals surface area contributed by atoms with E-state index in [1.807, 2.05) is 18.2 Å². The Bertz CT molecular complexity index is 1050. The zero-order chi connectivity index (χ0) is 19.8. The van der Waals surface area contributed by atoms with Crippen LogP contribution in [0.2, 0.25) is 0 Å². The number of rotatable bonds is 3. The molecule has 2 atom stereocenters. The minimum Gasteiger partial charge on any atom is -0.454 e. The van der Waals surface area contributed by atoms with Crippen LogP contribution in [-0.4, -0.2) is 18.0 Å². The van der Waals surface area contributed by atoms with Crippen molar-refractivity contribution in [3.8, 4) is 11.5 Å². The zero-order valence-corrected chi connectivity index (χ0v) is 16.9. The van der Waals surface area contributed by atoms with Crippen LogP contribution in [0.1, 0.15) is 29.0 Å². The van der Waals surface area contributed by atoms with Crippen LogP contribution in [-0.2, 0) is 4.79 Å². The monoisotopic (exact) mass is 403 g/mol. The smallest absolute Gasteiger partial charge is 0.231 e. The summed E-state index contributed by atoms with van der Waals surface area (Å²) in [5.41, 5.74) is 4.29. The van der Waals surface area contributed by atoms with E-state index in [2.05, 4.69) is 60.8 Å². The van der Waals surface area contributed by atoms with E-state index in [0.29, 0.717) is 12.2 Å². The van der Waals surface area contributed by atoms with Gasteiger partial charge in [0, 0.05) is 34.2 Å². The van der Waals surface area contributed by atoms with Gasteiger partial charge in [-0.1, -0.05) is 48.0 Å². The SMILES string of the molecule is Cc1ccc(SC2CC(=O)Nc3cc4c(cc3C2c2ccccc2)OCO4)cc1. The molecule has 29 heavy (non-hydrogen) atoms. The van der Waals surface area contributed by atoms with Gasteiger partial charge >= 0.3 is 0 Å². The maximum Gasteiger partial charge on any atom is 0.231 e. The van der Waals surface area contributed by atoms with Gasteiger partial charge in [0.2, 0.25) is 12.7 Å². The van der Waals surface area contributed by atoms with Crippen LogP contribution in [0, 0.1) is 6.92 Å². The molecule has 0 saturated carbocycles. The molecule has 0 aromatic heterocycles. The Morgan fingerprint density at radius 3 is 2.45 bits per heavy atom. The molecule has 2 unspecified atom stereocenters. The van der Waals surface area contributed by atoms with Gasteiger partial charge in [-0.3, -0.25) is 4.79 Å². The topological polar surface area (TPSA) is 47.6 Å². The van der Waals surface area contributed by atoms with Crippen molar-refractivity contribution >= 4 is 23.4 Å². The first kappa shape index (κ1) is 18.1. The Balaban J connectivity index is 1.62. The fourth-order valence-corrected chi connectivity index (χ4v) is 5.30. The summed E-state index contributed by atoms with van der Waals surface area (Å²) in [7, 11) is 0. The summed E-state index contributed by atoms with van der Waals surface area (Å²) in [4.78, 5) is 13.9. The van der Waals surface area contributed by atoms with Crippen molar-refractivity contribution in [1.82, 2.24) is 0 Å². The molecule has 3 aromatic carbocycles. The van der Waals surface area contributed by atoms with E-state index in [9.17, 15) is 4.79 Å². The van der Waals surface area contributed by atoms with E-state index in [0.717, 1.165) is 17.0 Å². The van der Waals surface area contributed by atoms with E-state index in [1.165, 1.54) is 16.0 Å². The zero-order valence-electron chi connectivity index (χ0n) is 16.1. The second kappa shape index (κ2) is 7.48. The number of fused-ring (bicyclic) bond motifs is 2. The number of benzene rings is 3. The molecule has 0 radical (unpaired) electrons. The van der Waals surface area contributed by atoms with Crippen LogP contribution < -0.4 is 14.8 Å². The Morgan fingerprint density at radius 1 is 0.966 bits per heavy atom. The number of hydrogen-bond donors (Lipinski definition) is 1. The average Bonchev–Trinajstić information content (AvgIpc) is 3.12. The molecule has 146 valence electrons. The summed E-state index contributed by atoms with van der Waals surface area (Å²) < 4.78 is 11.2. The first-order valence-electron chi connectivity index (χ1n) is 9.69. The van der Waals surface area contributed by atoms with Gasteiger partial charge in [-0.05, 0) is 36.2 Å². The third kappa shape index (κ3) is 3.58. The second-order valence-corrected chi connectivity index (χ2v) is 8.72. The van der Waals surface area contributed by atoms with Crippen LogP contribution >= 0.6 is 11.8 Å². The summed E-state index contributed by atoms with van der Waals surface area (Å²) >= 11 is 1.76. The van der Waals surface area contributed by atoms with Gasteiger partial charge in [-0.15, -0.1) is 11.8 Å². The number of ether oxygens (including phenoxy) is 2. The van der Waals surface area contributed by atoms with Gasteiger partial charge in [-0.25, -0.2) is 0 Å². The first-order chi connectivity index (χ1) is 14.2. The fourth-order valence-electron chi connectivity index (χ4n) is 3.98. The van der Waals surface area contributed by atoms with Gasteiger partial charge in [0.15, 0.2) is 11.5 Å². The average molecular weight is 404 g/mol. The molecule has 4 nitrogen and oxygen atoms in total. The van der Waals surface area contributed by atoms with Crippen molar-refractivity contribution in [2.45, 2.75) is 29.4 Å². The lowest BCUT2D eigenvalue weighted by Crippen LogP contribution is -2.19. The van der Waals surface area contributed by atoms with E-state index in [-0.39, 0.29) is 23.9 Å². The summed E-state index contributed by atoms with van der Waals surface area (Å²) in [6, 6.07) is 22.8. The lowest BCUT2D eigenvalue weighted by molar-refractivity contribution is -0.116. The van der Waals surface area contributed by atoms with E-state index >= 15 is 0 Å². The largest absolute Gasteiger partial charge is 0.454 e. The standard InChI is InChI=1S/C24H21NO3S/c1-15-7-9-17(10-8-15)29-22-13-23(26)25-19-12-21-20(27-14-28-21)11-18(19)24(22)16-5-3-2-4-6-16/h2-12,22,24H,13-14H2,1H3,(H,25,26). The highest BCUT2D eigenvalue weighted by Crippen LogP contribution is 2.48. The van der Waals surface area contributed by atoms with Crippen LogP contribution in [0.4, 0.5) is 5.69 Å². The first-order valence-corrected chi connectivity index (χ1v) is 10.6. The molecule has 1 N–H and O–H groups in total. The number of carbonyl (C=O) groups is 1. The molecule has 2 aliphatic heterocycles. The van der Waals surface area contributed by atoms with Crippen LogP contribution in [0.5, 0.6) is 11.5 Å². The second-order valence-electron chi connectivity index (χ2n) is 7.40. The maximum atomic E-state index is 12.8. The molecule has 0 aliphatic carbocycles. The minimum atomic E-state index is 0.0214. The molecule has 0 spiro atoms. The molecule has 0 saturated heterocycles. The molecule has 0 fully saturated rings. The molecule has 2 heterocycles. The molecular formula is C24H21NO3S. The van der Waals surface area contributed by atoms with Crippen LogP contribution in [0.15, 0.2) is 71.6 Å². The lowest BCUT2D eigenvalue weighted by Gasteiger charge is -2.26. The normalized spacial score (nSPS) is 20.0. The quantitative estimate of drug-likeness (QED) is 0.640. The van der Waals surface area contributed by atoms with Crippen molar-refractivity contribution in [2.75, 3.05) is 12.1 Å². The maximum absolute atomic E-state index is 12.8. The summed E-state index contributed by atoms with van der Waals surface area (Å²) in [5, 5.41) is 3.15. The highest BCUT2D eigenvalue weighted by molar-refractivity contribution is 8.00. The van der Waals surface area contributed by atoms with E-state index in [1.54, 1.807) is 11.8 Å². The van der Waals surface area contributed by atoms with Gasteiger partial charge in [0.1, 0.15) is 0 Å². The summed E-state index contributed by atoms with van der Waals surface area (Å²) in [6.45, 7) is 2.29. The number of amides is 1. The Hall–Kier alpha value is -2.92. The van der Waals surface area contributed by atoms with Crippen LogP contribution in [0.3, 0.4) is 0 Å². The highest BCUT2D eigenvalue weighted by Gasteiger charge is 2.34. The molecular weight excluding hydrogens is 382 g/mol. The van der Waals surface area contributed by atoms with Gasteiger partial charge < -0.3 is 14.8 Å². The molecule has 2 aliphatic rings. The van der Waals surface area contributed by atoms with Gasteiger partial charge in [-0.2, -0.15) is 0 Å². The molecule has 0 bridgehead atoms. The van der Waals surface area contributed by atoms with Crippen LogP contribution in [0.25, 0.3) is 0 Å². The Labute approximate surface area is 174 Å².